The molecule has 0 aromatic carbocycles. The fourth-order valence-electron chi connectivity index (χ4n) is 3.18. The summed E-state index contributed by atoms with van der Waals surface area (Å²) in [6, 6.07) is 3.94. The number of aromatic nitrogens is 1. The summed E-state index contributed by atoms with van der Waals surface area (Å²) >= 11 is 0. The molecule has 2 saturated heterocycles. The van der Waals surface area contributed by atoms with Crippen molar-refractivity contribution >= 4 is 5.78 Å². The molecule has 1 spiro atoms. The van der Waals surface area contributed by atoms with Crippen LogP contribution in [0.2, 0.25) is 0 Å². The van der Waals surface area contributed by atoms with Crippen LogP contribution in [-0.4, -0.2) is 36.2 Å². The number of carbonyl (C=O) groups is 1. The molecule has 0 saturated carbocycles. The van der Waals surface area contributed by atoms with Gasteiger partial charge in [-0.2, -0.15) is 0 Å². The topological polar surface area (TPSA) is 48.4 Å². The maximum absolute atomic E-state index is 12.4. The summed E-state index contributed by atoms with van der Waals surface area (Å²) in [5.41, 5.74) is 0.958. The number of ketones is 1. The van der Waals surface area contributed by atoms with Crippen LogP contribution in [0.1, 0.15) is 31.2 Å². The summed E-state index contributed by atoms with van der Waals surface area (Å²) < 4.78 is 11.3. The Balaban J connectivity index is 1.54. The molecule has 0 aliphatic carbocycles. The molecule has 0 N–H and O–H groups in total. The molecule has 2 atom stereocenters. The Morgan fingerprint density at radius 1 is 1.45 bits per heavy atom. The van der Waals surface area contributed by atoms with Crippen molar-refractivity contribution in [1.82, 2.24) is 4.98 Å². The second kappa shape index (κ2) is 6.02. The van der Waals surface area contributed by atoms with Gasteiger partial charge in [0.2, 0.25) is 0 Å². The van der Waals surface area contributed by atoms with Gasteiger partial charge in [-0.15, -0.1) is 0 Å². The lowest BCUT2D eigenvalue weighted by Gasteiger charge is -2.36. The van der Waals surface area contributed by atoms with Crippen LogP contribution in [-0.2, 0) is 20.7 Å². The first kappa shape index (κ1) is 13.7. The van der Waals surface area contributed by atoms with E-state index in [-0.39, 0.29) is 11.5 Å². The minimum absolute atomic E-state index is 0.141. The largest absolute Gasteiger partial charge is 0.378 e. The van der Waals surface area contributed by atoms with E-state index < -0.39 is 0 Å². The van der Waals surface area contributed by atoms with Crippen LogP contribution in [0, 0.1) is 5.92 Å². The van der Waals surface area contributed by atoms with E-state index in [1.54, 1.807) is 6.20 Å². The van der Waals surface area contributed by atoms with E-state index in [0.29, 0.717) is 25.4 Å². The normalized spacial score (nSPS) is 29.7. The first-order valence-electron chi connectivity index (χ1n) is 7.41. The van der Waals surface area contributed by atoms with Gasteiger partial charge in [0.1, 0.15) is 5.78 Å². The molecule has 2 aliphatic heterocycles. The number of pyridine rings is 1. The fourth-order valence-corrected chi connectivity index (χ4v) is 3.18. The SMILES string of the molecule is O=C(CCc1cccnc1)C1CCOC2(CCOC2)C1. The second-order valence-corrected chi connectivity index (χ2v) is 5.85. The molecule has 0 bridgehead atoms. The Morgan fingerprint density at radius 2 is 2.40 bits per heavy atom. The molecule has 4 nitrogen and oxygen atoms in total. The van der Waals surface area contributed by atoms with Crippen molar-refractivity contribution < 1.29 is 14.3 Å². The molecule has 2 fully saturated rings. The zero-order valence-electron chi connectivity index (χ0n) is 11.7. The molecule has 4 heteroatoms. The van der Waals surface area contributed by atoms with Gasteiger partial charge in [0, 0.05) is 44.4 Å². The third kappa shape index (κ3) is 3.07. The van der Waals surface area contributed by atoms with E-state index in [1.807, 2.05) is 18.3 Å². The summed E-state index contributed by atoms with van der Waals surface area (Å²) in [6.07, 6.45) is 7.60. The predicted molar refractivity (Wildman–Crippen MR) is 74.4 cm³/mol. The van der Waals surface area contributed by atoms with Gasteiger partial charge in [-0.1, -0.05) is 6.07 Å². The van der Waals surface area contributed by atoms with Gasteiger partial charge < -0.3 is 9.47 Å². The number of aryl methyl sites for hydroxylation is 1. The van der Waals surface area contributed by atoms with Gasteiger partial charge in [0.05, 0.1) is 12.2 Å². The minimum atomic E-state index is -0.174. The van der Waals surface area contributed by atoms with Crippen molar-refractivity contribution in [3.05, 3.63) is 30.1 Å². The van der Waals surface area contributed by atoms with E-state index in [1.165, 1.54) is 0 Å². The molecule has 20 heavy (non-hydrogen) atoms. The molecular weight excluding hydrogens is 254 g/mol. The summed E-state index contributed by atoms with van der Waals surface area (Å²) in [7, 11) is 0. The van der Waals surface area contributed by atoms with E-state index >= 15 is 0 Å². The van der Waals surface area contributed by atoms with Crippen molar-refractivity contribution in [2.75, 3.05) is 19.8 Å². The lowest BCUT2D eigenvalue weighted by Crippen LogP contribution is -2.42. The van der Waals surface area contributed by atoms with E-state index in [9.17, 15) is 4.79 Å². The molecule has 2 unspecified atom stereocenters. The summed E-state index contributed by atoms with van der Waals surface area (Å²) in [5, 5.41) is 0. The minimum Gasteiger partial charge on any atom is -0.378 e. The van der Waals surface area contributed by atoms with Crippen molar-refractivity contribution in [2.24, 2.45) is 5.92 Å². The van der Waals surface area contributed by atoms with Crippen LogP contribution in [0.3, 0.4) is 0 Å². The maximum atomic E-state index is 12.4. The maximum Gasteiger partial charge on any atom is 0.136 e. The molecule has 0 radical (unpaired) electrons. The summed E-state index contributed by atoms with van der Waals surface area (Å²) in [6.45, 7) is 2.10. The number of nitrogens with zero attached hydrogens (tertiary/aromatic N) is 1. The monoisotopic (exact) mass is 275 g/mol. The Labute approximate surface area is 119 Å². The molecule has 0 amide bonds. The van der Waals surface area contributed by atoms with Gasteiger partial charge in [-0.3, -0.25) is 9.78 Å². The fraction of sp³-hybridized carbons (Fsp3) is 0.625. The lowest BCUT2D eigenvalue weighted by molar-refractivity contribution is -0.137. The lowest BCUT2D eigenvalue weighted by atomic mass is 9.81. The quantitative estimate of drug-likeness (QED) is 0.845. The zero-order chi connectivity index (χ0) is 13.8. The first-order chi connectivity index (χ1) is 9.77. The van der Waals surface area contributed by atoms with Crippen LogP contribution < -0.4 is 0 Å². The number of hydrogen-bond donors (Lipinski definition) is 0. The molecule has 108 valence electrons. The number of rotatable bonds is 4. The molecule has 3 heterocycles. The van der Waals surface area contributed by atoms with Crippen molar-refractivity contribution in [3.8, 4) is 0 Å². The molecule has 3 rings (SSSR count). The average Bonchev–Trinajstić information content (AvgIpc) is 2.93. The number of carbonyl (C=O) groups excluding carboxylic acids is 1. The highest BCUT2D eigenvalue weighted by atomic mass is 16.6. The smallest absolute Gasteiger partial charge is 0.136 e. The van der Waals surface area contributed by atoms with E-state index in [4.69, 9.17) is 9.47 Å². The van der Waals surface area contributed by atoms with Crippen LogP contribution in [0.15, 0.2) is 24.5 Å². The van der Waals surface area contributed by atoms with Gasteiger partial charge >= 0.3 is 0 Å². The second-order valence-electron chi connectivity index (χ2n) is 5.85. The van der Waals surface area contributed by atoms with E-state index in [2.05, 4.69) is 4.98 Å². The number of Topliss-reactive ketones (excluding diaryl/α,β-unsaturated/α-hetero) is 1. The number of ether oxygens (including phenoxy) is 2. The third-order valence-electron chi connectivity index (χ3n) is 4.40. The molecule has 1 aromatic rings. The van der Waals surface area contributed by atoms with Crippen molar-refractivity contribution in [3.63, 3.8) is 0 Å². The molecule has 2 aliphatic rings. The van der Waals surface area contributed by atoms with E-state index in [0.717, 1.165) is 37.9 Å². The van der Waals surface area contributed by atoms with Crippen molar-refractivity contribution in [2.45, 2.75) is 37.7 Å². The van der Waals surface area contributed by atoms with Gasteiger partial charge in [-0.05, 0) is 30.9 Å². The van der Waals surface area contributed by atoms with Gasteiger partial charge in [-0.25, -0.2) is 0 Å². The summed E-state index contributed by atoms with van der Waals surface area (Å²) in [5.74, 6) is 0.505. The number of hydrogen-bond acceptors (Lipinski definition) is 4. The standard InChI is InChI=1S/C16H21NO3/c18-15(4-3-13-2-1-7-17-11-13)14-5-8-20-16(10-14)6-9-19-12-16/h1-2,7,11,14H,3-6,8-10,12H2. The highest BCUT2D eigenvalue weighted by molar-refractivity contribution is 5.81. The Morgan fingerprint density at radius 3 is 3.15 bits per heavy atom. The Kier molecular flexibility index (Phi) is 4.13. The van der Waals surface area contributed by atoms with Crippen LogP contribution >= 0.6 is 0 Å². The Bertz CT molecular complexity index is 454. The Hall–Kier alpha value is -1.26. The highest BCUT2D eigenvalue weighted by Gasteiger charge is 2.42. The van der Waals surface area contributed by atoms with Crippen LogP contribution in [0.4, 0.5) is 0 Å². The van der Waals surface area contributed by atoms with Crippen molar-refractivity contribution in [1.29, 1.82) is 0 Å². The average molecular weight is 275 g/mol. The van der Waals surface area contributed by atoms with Gasteiger partial charge in [0.25, 0.3) is 0 Å². The first-order valence-corrected chi connectivity index (χ1v) is 7.41. The zero-order valence-corrected chi connectivity index (χ0v) is 11.7. The predicted octanol–water partition coefficient (Wildman–Crippen LogP) is 2.17. The molecule has 1 aromatic heterocycles. The van der Waals surface area contributed by atoms with Crippen LogP contribution in [0.5, 0.6) is 0 Å². The summed E-state index contributed by atoms with van der Waals surface area (Å²) in [4.78, 5) is 16.5. The third-order valence-corrected chi connectivity index (χ3v) is 4.40. The van der Waals surface area contributed by atoms with Crippen LogP contribution in [0.25, 0.3) is 0 Å². The molecular formula is C16H21NO3. The van der Waals surface area contributed by atoms with Gasteiger partial charge in [0.15, 0.2) is 0 Å². The highest BCUT2D eigenvalue weighted by Crippen LogP contribution is 2.36.